The number of imidazole rings is 1. The van der Waals surface area contributed by atoms with E-state index in [1.165, 1.54) is 6.92 Å². The number of aromatic amines is 1. The Kier molecular flexibility index (Phi) is 1.73. The smallest absolute Gasteiger partial charge is 0.199 e. The van der Waals surface area contributed by atoms with Crippen LogP contribution in [0.4, 0.5) is 17.6 Å². The van der Waals surface area contributed by atoms with Crippen LogP contribution in [0.25, 0.3) is 11.0 Å². The monoisotopic (exact) mass is 204 g/mol. The van der Waals surface area contributed by atoms with Crippen molar-refractivity contribution < 1.29 is 17.6 Å². The summed E-state index contributed by atoms with van der Waals surface area (Å²) >= 11 is 0. The lowest BCUT2D eigenvalue weighted by Crippen LogP contribution is -1.97. The molecule has 0 aliphatic heterocycles. The largest absolute Gasteiger partial charge is 0.340 e. The second-order valence-electron chi connectivity index (χ2n) is 2.80. The van der Waals surface area contributed by atoms with Gasteiger partial charge in [-0.2, -0.15) is 0 Å². The Labute approximate surface area is 75.6 Å². The zero-order valence-electron chi connectivity index (χ0n) is 6.96. The van der Waals surface area contributed by atoms with Crippen LogP contribution in [0, 0.1) is 30.2 Å². The lowest BCUT2D eigenvalue weighted by molar-refractivity contribution is 0.417. The summed E-state index contributed by atoms with van der Waals surface area (Å²) in [5, 5.41) is 0. The maximum Gasteiger partial charge on any atom is 0.199 e. The molecule has 14 heavy (non-hydrogen) atoms. The van der Waals surface area contributed by atoms with Crippen molar-refractivity contribution >= 4 is 11.0 Å². The molecule has 0 amide bonds. The van der Waals surface area contributed by atoms with Gasteiger partial charge >= 0.3 is 0 Å². The highest BCUT2D eigenvalue weighted by Gasteiger charge is 2.22. The molecule has 0 bridgehead atoms. The standard InChI is InChI=1S/C8H4F4N2/c1-2-13-7-5(11)3(9)4(10)6(12)8(7)14-2/h1H3,(H,13,14). The first-order valence-electron chi connectivity index (χ1n) is 3.70. The molecule has 1 N–H and O–H groups in total. The van der Waals surface area contributed by atoms with E-state index in [9.17, 15) is 17.6 Å². The average molecular weight is 204 g/mol. The van der Waals surface area contributed by atoms with Crippen LogP contribution in [-0.4, -0.2) is 9.97 Å². The molecule has 0 saturated carbocycles. The fraction of sp³-hybridized carbons (Fsp3) is 0.125. The van der Waals surface area contributed by atoms with E-state index < -0.39 is 34.3 Å². The number of hydrogen-bond acceptors (Lipinski definition) is 1. The van der Waals surface area contributed by atoms with E-state index in [1.54, 1.807) is 0 Å². The third-order valence-electron chi connectivity index (χ3n) is 1.83. The van der Waals surface area contributed by atoms with Crippen LogP contribution in [-0.2, 0) is 0 Å². The summed E-state index contributed by atoms with van der Waals surface area (Å²) in [7, 11) is 0. The van der Waals surface area contributed by atoms with E-state index in [-0.39, 0.29) is 5.82 Å². The normalized spacial score (nSPS) is 11.2. The Morgan fingerprint density at radius 3 is 2.14 bits per heavy atom. The quantitative estimate of drug-likeness (QED) is 0.398. The molecular weight excluding hydrogens is 200 g/mol. The predicted molar refractivity (Wildman–Crippen MR) is 40.7 cm³/mol. The summed E-state index contributed by atoms with van der Waals surface area (Å²) in [5.74, 6) is -6.44. The summed E-state index contributed by atoms with van der Waals surface area (Å²) in [6.45, 7) is 1.43. The zero-order chi connectivity index (χ0) is 10.5. The van der Waals surface area contributed by atoms with Crippen LogP contribution in [0.15, 0.2) is 0 Å². The van der Waals surface area contributed by atoms with Gasteiger partial charge in [0.25, 0.3) is 0 Å². The van der Waals surface area contributed by atoms with Crippen LogP contribution in [0.1, 0.15) is 5.82 Å². The maximum absolute atomic E-state index is 13.0. The van der Waals surface area contributed by atoms with Gasteiger partial charge in [-0.1, -0.05) is 0 Å². The van der Waals surface area contributed by atoms with Crippen LogP contribution < -0.4 is 0 Å². The van der Waals surface area contributed by atoms with E-state index in [1.807, 2.05) is 0 Å². The van der Waals surface area contributed by atoms with Gasteiger partial charge in [-0.3, -0.25) is 0 Å². The first-order chi connectivity index (χ1) is 6.52. The zero-order valence-corrected chi connectivity index (χ0v) is 6.96. The van der Waals surface area contributed by atoms with Gasteiger partial charge in [0.1, 0.15) is 16.9 Å². The van der Waals surface area contributed by atoms with Gasteiger partial charge < -0.3 is 4.98 Å². The van der Waals surface area contributed by atoms with Crippen LogP contribution in [0.5, 0.6) is 0 Å². The number of fused-ring (bicyclic) bond motifs is 1. The third-order valence-corrected chi connectivity index (χ3v) is 1.83. The molecule has 0 unspecified atom stereocenters. The number of nitrogens with zero attached hydrogens (tertiary/aromatic N) is 1. The molecule has 2 aromatic rings. The minimum atomic E-state index is -1.85. The first-order valence-corrected chi connectivity index (χ1v) is 3.70. The van der Waals surface area contributed by atoms with E-state index >= 15 is 0 Å². The third kappa shape index (κ3) is 0.997. The number of benzene rings is 1. The molecule has 0 radical (unpaired) electrons. The molecule has 1 heterocycles. The fourth-order valence-corrected chi connectivity index (χ4v) is 1.22. The summed E-state index contributed by atoms with van der Waals surface area (Å²) in [5.41, 5.74) is -0.988. The van der Waals surface area contributed by atoms with E-state index in [0.717, 1.165) is 0 Å². The van der Waals surface area contributed by atoms with Crippen molar-refractivity contribution in [3.63, 3.8) is 0 Å². The predicted octanol–water partition coefficient (Wildman–Crippen LogP) is 2.43. The van der Waals surface area contributed by atoms with Crippen molar-refractivity contribution in [1.82, 2.24) is 9.97 Å². The van der Waals surface area contributed by atoms with Crippen molar-refractivity contribution in [3.8, 4) is 0 Å². The first kappa shape index (κ1) is 8.98. The molecular formula is C8H4F4N2. The van der Waals surface area contributed by atoms with Gasteiger partial charge in [0.2, 0.25) is 0 Å². The minimum absolute atomic E-state index is 0.183. The highest BCUT2D eigenvalue weighted by Crippen LogP contribution is 2.24. The lowest BCUT2D eigenvalue weighted by atomic mass is 10.2. The molecule has 0 fully saturated rings. The number of H-pyrrole nitrogens is 1. The fourth-order valence-electron chi connectivity index (χ4n) is 1.22. The Hall–Kier alpha value is -1.59. The molecule has 0 aliphatic carbocycles. The Bertz CT molecular complexity index is 473. The van der Waals surface area contributed by atoms with Crippen LogP contribution in [0.3, 0.4) is 0 Å². The van der Waals surface area contributed by atoms with Crippen molar-refractivity contribution in [2.24, 2.45) is 0 Å². The molecule has 0 spiro atoms. The van der Waals surface area contributed by atoms with Crippen molar-refractivity contribution in [3.05, 3.63) is 29.1 Å². The SMILES string of the molecule is Cc1nc2c(F)c(F)c(F)c(F)c2[nH]1. The van der Waals surface area contributed by atoms with E-state index in [4.69, 9.17) is 0 Å². The number of hydrogen-bond donors (Lipinski definition) is 1. The maximum atomic E-state index is 13.0. The summed E-state index contributed by atoms with van der Waals surface area (Å²) in [6.07, 6.45) is 0. The van der Waals surface area contributed by atoms with Crippen molar-refractivity contribution in [2.45, 2.75) is 6.92 Å². The summed E-state index contributed by atoms with van der Waals surface area (Å²) < 4.78 is 51.4. The topological polar surface area (TPSA) is 28.7 Å². The van der Waals surface area contributed by atoms with Gasteiger partial charge in [-0.05, 0) is 6.92 Å². The minimum Gasteiger partial charge on any atom is -0.340 e. The molecule has 1 aromatic heterocycles. The van der Waals surface area contributed by atoms with Crippen LogP contribution in [0.2, 0.25) is 0 Å². The highest BCUT2D eigenvalue weighted by atomic mass is 19.2. The Morgan fingerprint density at radius 1 is 0.929 bits per heavy atom. The van der Waals surface area contributed by atoms with Gasteiger partial charge in [-0.25, -0.2) is 22.5 Å². The highest BCUT2D eigenvalue weighted by molar-refractivity contribution is 5.76. The molecule has 0 aliphatic rings. The van der Waals surface area contributed by atoms with E-state index in [2.05, 4.69) is 9.97 Å². The molecule has 6 heteroatoms. The number of aryl methyl sites for hydroxylation is 1. The number of halogens is 4. The van der Waals surface area contributed by atoms with Crippen molar-refractivity contribution in [1.29, 1.82) is 0 Å². The Morgan fingerprint density at radius 2 is 1.50 bits per heavy atom. The van der Waals surface area contributed by atoms with Crippen molar-refractivity contribution in [2.75, 3.05) is 0 Å². The summed E-state index contributed by atoms with van der Waals surface area (Å²) in [6, 6.07) is 0. The average Bonchev–Trinajstić information content (AvgIpc) is 2.54. The van der Waals surface area contributed by atoms with Crippen LogP contribution >= 0.6 is 0 Å². The molecule has 0 saturated heterocycles. The number of aromatic nitrogens is 2. The molecule has 2 nitrogen and oxygen atoms in total. The van der Waals surface area contributed by atoms with E-state index in [0.29, 0.717) is 0 Å². The molecule has 74 valence electrons. The van der Waals surface area contributed by atoms with Gasteiger partial charge in [-0.15, -0.1) is 0 Å². The second-order valence-corrected chi connectivity index (χ2v) is 2.80. The number of nitrogens with one attached hydrogen (secondary N) is 1. The number of rotatable bonds is 0. The van der Waals surface area contributed by atoms with Gasteiger partial charge in [0.05, 0.1) is 0 Å². The lowest BCUT2D eigenvalue weighted by Gasteiger charge is -1.97. The second kappa shape index (κ2) is 2.70. The molecule has 2 rings (SSSR count). The van der Waals surface area contributed by atoms with Gasteiger partial charge in [0, 0.05) is 0 Å². The molecule has 0 atom stereocenters. The van der Waals surface area contributed by atoms with Gasteiger partial charge in [0.15, 0.2) is 23.3 Å². The molecule has 1 aromatic carbocycles. The Balaban J connectivity index is 3.01. The summed E-state index contributed by atoms with van der Waals surface area (Å²) in [4.78, 5) is 5.80.